The van der Waals surface area contributed by atoms with E-state index < -0.39 is 0 Å². The predicted octanol–water partition coefficient (Wildman–Crippen LogP) is 2.81. The Labute approximate surface area is 78.6 Å². The van der Waals surface area contributed by atoms with Crippen LogP contribution in [0.25, 0.3) is 0 Å². The molecule has 0 saturated carbocycles. The van der Waals surface area contributed by atoms with Crippen molar-refractivity contribution in [2.45, 2.75) is 38.6 Å². The second-order valence-electron chi connectivity index (χ2n) is 2.94. The molecule has 3 heteroatoms. The van der Waals surface area contributed by atoms with E-state index in [0.29, 0.717) is 5.88 Å². The van der Waals surface area contributed by atoms with Crippen LogP contribution in [-0.4, -0.2) is 9.55 Å². The van der Waals surface area contributed by atoms with Gasteiger partial charge >= 0.3 is 0 Å². The molecule has 2 nitrogen and oxygen atoms in total. The van der Waals surface area contributed by atoms with Gasteiger partial charge in [-0.3, -0.25) is 0 Å². The minimum atomic E-state index is 0.515. The first kappa shape index (κ1) is 9.59. The normalized spacial score (nSPS) is 10.5. The van der Waals surface area contributed by atoms with Crippen molar-refractivity contribution in [3.05, 3.63) is 18.2 Å². The zero-order valence-electron chi connectivity index (χ0n) is 7.46. The van der Waals surface area contributed by atoms with Crippen molar-refractivity contribution in [2.75, 3.05) is 0 Å². The van der Waals surface area contributed by atoms with Gasteiger partial charge in [0.1, 0.15) is 0 Å². The average molecular weight is 187 g/mol. The van der Waals surface area contributed by atoms with E-state index in [1.165, 1.54) is 19.3 Å². The van der Waals surface area contributed by atoms with Crippen LogP contribution in [0, 0.1) is 0 Å². The summed E-state index contributed by atoms with van der Waals surface area (Å²) >= 11 is 5.63. The van der Waals surface area contributed by atoms with E-state index >= 15 is 0 Å². The molecule has 12 heavy (non-hydrogen) atoms. The summed E-state index contributed by atoms with van der Waals surface area (Å²) in [5.41, 5.74) is 0.966. The molecule has 0 saturated heterocycles. The van der Waals surface area contributed by atoms with Crippen LogP contribution < -0.4 is 0 Å². The minimum Gasteiger partial charge on any atom is -0.337 e. The maximum atomic E-state index is 5.63. The SMILES string of the molecule is CCCCCn1cnc(CCl)c1. The highest BCUT2D eigenvalue weighted by Gasteiger charge is 1.95. The number of rotatable bonds is 5. The molecule has 0 bridgehead atoms. The quantitative estimate of drug-likeness (QED) is 0.511. The van der Waals surface area contributed by atoms with E-state index in [1.54, 1.807) is 0 Å². The fraction of sp³-hybridized carbons (Fsp3) is 0.667. The van der Waals surface area contributed by atoms with Crippen LogP contribution in [0.5, 0.6) is 0 Å². The molecule has 68 valence electrons. The molecule has 0 unspecified atom stereocenters. The Morgan fingerprint density at radius 2 is 2.33 bits per heavy atom. The maximum Gasteiger partial charge on any atom is 0.0949 e. The second kappa shape index (κ2) is 5.20. The summed E-state index contributed by atoms with van der Waals surface area (Å²) in [7, 11) is 0. The third-order valence-electron chi connectivity index (χ3n) is 1.84. The summed E-state index contributed by atoms with van der Waals surface area (Å²) < 4.78 is 2.10. The van der Waals surface area contributed by atoms with Crippen LogP contribution in [0.1, 0.15) is 31.9 Å². The topological polar surface area (TPSA) is 17.8 Å². The Morgan fingerprint density at radius 1 is 1.50 bits per heavy atom. The number of imidazole rings is 1. The number of nitrogens with zero attached hydrogens (tertiary/aromatic N) is 2. The molecular formula is C9H15ClN2. The van der Waals surface area contributed by atoms with Crippen molar-refractivity contribution < 1.29 is 0 Å². The van der Waals surface area contributed by atoms with Gasteiger partial charge in [0.05, 0.1) is 17.9 Å². The zero-order valence-corrected chi connectivity index (χ0v) is 8.22. The van der Waals surface area contributed by atoms with Crippen LogP contribution in [0.2, 0.25) is 0 Å². The van der Waals surface area contributed by atoms with Gasteiger partial charge in [-0.15, -0.1) is 11.6 Å². The third-order valence-corrected chi connectivity index (χ3v) is 2.12. The lowest BCUT2D eigenvalue weighted by Gasteiger charge is -1.98. The molecule has 0 atom stereocenters. The largest absolute Gasteiger partial charge is 0.337 e. The van der Waals surface area contributed by atoms with Gasteiger partial charge in [0, 0.05) is 12.7 Å². The highest BCUT2D eigenvalue weighted by atomic mass is 35.5. The lowest BCUT2D eigenvalue weighted by Crippen LogP contribution is -1.93. The van der Waals surface area contributed by atoms with Gasteiger partial charge in [-0.1, -0.05) is 19.8 Å². The van der Waals surface area contributed by atoms with E-state index in [4.69, 9.17) is 11.6 Å². The minimum absolute atomic E-state index is 0.515. The van der Waals surface area contributed by atoms with Crippen LogP contribution in [-0.2, 0) is 12.4 Å². The van der Waals surface area contributed by atoms with Gasteiger partial charge < -0.3 is 4.57 Å². The van der Waals surface area contributed by atoms with Crippen LogP contribution >= 0.6 is 11.6 Å². The van der Waals surface area contributed by atoms with Crippen LogP contribution in [0.15, 0.2) is 12.5 Å². The Bertz CT molecular complexity index is 220. The summed E-state index contributed by atoms with van der Waals surface area (Å²) in [4.78, 5) is 4.14. The Kier molecular flexibility index (Phi) is 4.15. The Balaban J connectivity index is 2.31. The van der Waals surface area contributed by atoms with Crippen LogP contribution in [0.3, 0.4) is 0 Å². The summed E-state index contributed by atoms with van der Waals surface area (Å²) in [6.07, 6.45) is 7.65. The summed E-state index contributed by atoms with van der Waals surface area (Å²) in [5.74, 6) is 0.515. The number of alkyl halides is 1. The van der Waals surface area contributed by atoms with Crippen molar-refractivity contribution in [1.82, 2.24) is 9.55 Å². The van der Waals surface area contributed by atoms with Crippen molar-refractivity contribution in [3.63, 3.8) is 0 Å². The fourth-order valence-electron chi connectivity index (χ4n) is 1.14. The standard InChI is InChI=1S/C9H15ClN2/c1-2-3-4-5-12-7-9(6-10)11-8-12/h7-8H,2-6H2,1H3. The fourth-order valence-corrected chi connectivity index (χ4v) is 1.28. The van der Waals surface area contributed by atoms with E-state index in [1.807, 2.05) is 12.5 Å². The molecule has 0 fully saturated rings. The number of unbranched alkanes of at least 4 members (excludes halogenated alkanes) is 2. The van der Waals surface area contributed by atoms with E-state index in [0.717, 1.165) is 12.2 Å². The summed E-state index contributed by atoms with van der Waals surface area (Å²) in [6.45, 7) is 3.27. The number of hydrogen-bond donors (Lipinski definition) is 0. The van der Waals surface area contributed by atoms with E-state index in [9.17, 15) is 0 Å². The molecule has 0 radical (unpaired) electrons. The molecule has 0 aliphatic heterocycles. The summed E-state index contributed by atoms with van der Waals surface area (Å²) in [6, 6.07) is 0. The molecule has 0 aliphatic carbocycles. The van der Waals surface area contributed by atoms with Crippen LogP contribution in [0.4, 0.5) is 0 Å². The molecule has 1 heterocycles. The van der Waals surface area contributed by atoms with Crippen molar-refractivity contribution in [2.24, 2.45) is 0 Å². The first-order chi connectivity index (χ1) is 5.86. The second-order valence-corrected chi connectivity index (χ2v) is 3.21. The van der Waals surface area contributed by atoms with Crippen molar-refractivity contribution in [3.8, 4) is 0 Å². The first-order valence-electron chi connectivity index (χ1n) is 4.43. The highest BCUT2D eigenvalue weighted by molar-refractivity contribution is 6.16. The molecule has 0 amide bonds. The third kappa shape index (κ3) is 2.86. The first-order valence-corrected chi connectivity index (χ1v) is 4.97. The zero-order chi connectivity index (χ0) is 8.81. The van der Waals surface area contributed by atoms with Gasteiger partial charge in [0.25, 0.3) is 0 Å². The van der Waals surface area contributed by atoms with Crippen molar-refractivity contribution >= 4 is 11.6 Å². The maximum absolute atomic E-state index is 5.63. The predicted molar refractivity (Wildman–Crippen MR) is 51.3 cm³/mol. The highest BCUT2D eigenvalue weighted by Crippen LogP contribution is 2.02. The number of aryl methyl sites for hydroxylation is 1. The molecule has 0 N–H and O–H groups in total. The number of aromatic nitrogens is 2. The van der Waals surface area contributed by atoms with Gasteiger partial charge in [0.2, 0.25) is 0 Å². The molecule has 1 aromatic rings. The number of halogens is 1. The van der Waals surface area contributed by atoms with E-state index in [-0.39, 0.29) is 0 Å². The molecular weight excluding hydrogens is 172 g/mol. The Morgan fingerprint density at radius 3 is 2.92 bits per heavy atom. The molecule has 1 aromatic heterocycles. The molecule has 0 aromatic carbocycles. The van der Waals surface area contributed by atoms with Gasteiger partial charge in [-0.05, 0) is 6.42 Å². The Hall–Kier alpha value is -0.500. The number of hydrogen-bond acceptors (Lipinski definition) is 1. The van der Waals surface area contributed by atoms with Gasteiger partial charge in [-0.2, -0.15) is 0 Å². The molecule has 0 spiro atoms. The van der Waals surface area contributed by atoms with Gasteiger partial charge in [0.15, 0.2) is 0 Å². The van der Waals surface area contributed by atoms with Gasteiger partial charge in [-0.25, -0.2) is 4.98 Å². The smallest absolute Gasteiger partial charge is 0.0949 e. The molecule has 1 rings (SSSR count). The van der Waals surface area contributed by atoms with Crippen molar-refractivity contribution in [1.29, 1.82) is 0 Å². The molecule has 0 aliphatic rings. The van der Waals surface area contributed by atoms with E-state index in [2.05, 4.69) is 16.5 Å². The monoisotopic (exact) mass is 186 g/mol. The summed E-state index contributed by atoms with van der Waals surface area (Å²) in [5, 5.41) is 0. The lowest BCUT2D eigenvalue weighted by atomic mass is 10.2. The average Bonchev–Trinajstić information content (AvgIpc) is 2.53. The lowest BCUT2D eigenvalue weighted by molar-refractivity contribution is 0.602.